The average Bonchev–Trinajstić information content (AvgIpc) is 1.62. The number of unbranched alkanes of at least 4 members (excludes halogenated alkanes) is 8. The number of hydrogen-bond donors (Lipinski definition) is 8. The fraction of sp³-hybridized carbons (Fsp3) is 0.544. The van der Waals surface area contributed by atoms with Crippen molar-refractivity contribution in [2.45, 2.75) is 272 Å². The summed E-state index contributed by atoms with van der Waals surface area (Å²) in [5, 5.41) is 22.1. The predicted molar refractivity (Wildman–Crippen MR) is 441 cm³/mol. The van der Waals surface area contributed by atoms with Gasteiger partial charge in [-0.3, -0.25) is 43.2 Å². The number of alkyl carbamates (subject to hydrolysis) is 1. The molecule has 0 fully saturated rings. The van der Waals surface area contributed by atoms with Gasteiger partial charge in [0, 0.05) is 12.3 Å². The van der Waals surface area contributed by atoms with E-state index in [1.54, 1.807) is 80.0 Å². The van der Waals surface area contributed by atoms with Gasteiger partial charge in [-0.2, -0.15) is 0 Å². The molecule has 0 spiro atoms. The van der Waals surface area contributed by atoms with Crippen molar-refractivity contribution >= 4 is 65.4 Å². The lowest BCUT2D eigenvalue weighted by atomic mass is 9.97. The highest BCUT2D eigenvalue weighted by Gasteiger charge is 2.39. The van der Waals surface area contributed by atoms with Crippen molar-refractivity contribution in [3.05, 3.63) is 155 Å². The molecule has 0 aromatic heterocycles. The summed E-state index contributed by atoms with van der Waals surface area (Å²) in [5.74, 6) is -8.62. The summed E-state index contributed by atoms with van der Waals surface area (Å²) < 4.78 is 34.0. The molecule has 1 aliphatic rings. The molecule has 5 aromatic carbocycles. The Morgan fingerprint density at radius 3 is 1.45 bits per heavy atom. The first-order valence-corrected chi connectivity index (χ1v) is 40.9. The lowest BCUT2D eigenvalue weighted by Gasteiger charge is -2.30. The van der Waals surface area contributed by atoms with Gasteiger partial charge < -0.3 is 71.0 Å². The first-order chi connectivity index (χ1) is 54.8. The van der Waals surface area contributed by atoms with Crippen LogP contribution in [-0.2, 0) is 73.5 Å². The van der Waals surface area contributed by atoms with E-state index in [1.165, 1.54) is 26.2 Å². The van der Waals surface area contributed by atoms with Crippen LogP contribution in [0.15, 0.2) is 127 Å². The largest absolute Gasteiger partial charge is 0.497 e. The van der Waals surface area contributed by atoms with E-state index in [-0.39, 0.29) is 63.1 Å². The van der Waals surface area contributed by atoms with Crippen LogP contribution in [0.4, 0.5) is 4.79 Å². The molecule has 1 aliphatic carbocycles. The number of carbonyl (C=O) groups is 11. The van der Waals surface area contributed by atoms with Crippen LogP contribution in [0.1, 0.15) is 239 Å². The molecule has 115 heavy (non-hydrogen) atoms. The Hall–Kier alpha value is -10.3. The third-order valence-electron chi connectivity index (χ3n) is 20.2. The SMILES string of the molecule is CCCCCCCCCCCC(CC(=O)OCc1ccccc1)OC(=O)[C@@H](NC(=O)[C@@H](C)NC(=O)[C@H](CC(=O)OC(C)(C)C)NC(=O)[C@@H](NC(=O)[C@@H](CC(C)C)NC(=O)[C@H](CC(C)C)NC(=O)[C@H](CCC(=O)NC(c1ccc(OC)cc1)c1ccc(OC)cc1)NC(=O)OCC1c2ccccc2-c2ccccc21)C(C)C)[C@@H](C)CC. The highest BCUT2D eigenvalue weighted by atomic mass is 16.6. The maximum absolute atomic E-state index is 14.9. The molecule has 6 rings (SSSR count). The fourth-order valence-electron chi connectivity index (χ4n) is 13.7. The molecule has 9 atom stereocenters. The maximum Gasteiger partial charge on any atom is 0.407 e. The van der Waals surface area contributed by atoms with Crippen LogP contribution < -0.4 is 52.0 Å². The Labute approximate surface area is 679 Å². The van der Waals surface area contributed by atoms with Gasteiger partial charge in [0.1, 0.15) is 78.7 Å². The highest BCUT2D eigenvalue weighted by Crippen LogP contribution is 2.44. The van der Waals surface area contributed by atoms with Crippen LogP contribution >= 0.6 is 0 Å². The lowest BCUT2D eigenvalue weighted by Crippen LogP contribution is -2.61. The number of carbonyl (C=O) groups excluding carboxylic acids is 11. The smallest absolute Gasteiger partial charge is 0.407 e. The fourth-order valence-corrected chi connectivity index (χ4v) is 13.7. The summed E-state index contributed by atoms with van der Waals surface area (Å²) in [6, 6.07) is 28.7. The van der Waals surface area contributed by atoms with Crippen molar-refractivity contribution < 1.29 is 81.2 Å². The number of ether oxygens (including phenoxy) is 6. The third kappa shape index (κ3) is 31.4. The van der Waals surface area contributed by atoms with Crippen molar-refractivity contribution in [1.29, 1.82) is 0 Å². The minimum atomic E-state index is -1.70. The second kappa shape index (κ2) is 47.5. The first-order valence-electron chi connectivity index (χ1n) is 40.9. The van der Waals surface area contributed by atoms with Crippen LogP contribution in [0.2, 0.25) is 0 Å². The summed E-state index contributed by atoms with van der Waals surface area (Å²) in [6.45, 7) is 22.5. The van der Waals surface area contributed by atoms with Crippen LogP contribution in [0.25, 0.3) is 11.1 Å². The van der Waals surface area contributed by atoms with E-state index in [0.29, 0.717) is 30.8 Å². The van der Waals surface area contributed by atoms with E-state index < -0.39 is 144 Å². The topological polar surface area (TPSA) is 339 Å². The van der Waals surface area contributed by atoms with Crippen molar-refractivity contribution in [3.63, 3.8) is 0 Å². The quantitative estimate of drug-likeness (QED) is 0.0102. The van der Waals surface area contributed by atoms with Gasteiger partial charge in [0.2, 0.25) is 41.4 Å². The molecular formula is C90H126N8O17. The summed E-state index contributed by atoms with van der Waals surface area (Å²) >= 11 is 0. The second-order valence-electron chi connectivity index (χ2n) is 32.2. The van der Waals surface area contributed by atoms with Crippen molar-refractivity contribution in [2.75, 3.05) is 20.8 Å². The molecule has 0 saturated heterocycles. The molecule has 8 amide bonds. The number of benzene rings is 5. The molecule has 25 nitrogen and oxygen atoms in total. The minimum absolute atomic E-state index is 0.0322. The van der Waals surface area contributed by atoms with Gasteiger partial charge >= 0.3 is 24.0 Å². The molecule has 0 radical (unpaired) electrons. The van der Waals surface area contributed by atoms with Gasteiger partial charge in [0.15, 0.2) is 0 Å². The number of rotatable bonds is 48. The molecule has 8 N–H and O–H groups in total. The number of methoxy groups -OCH3 is 2. The third-order valence-corrected chi connectivity index (χ3v) is 20.2. The molecule has 0 bridgehead atoms. The average molecular weight is 1590 g/mol. The zero-order valence-corrected chi connectivity index (χ0v) is 70.1. The Bertz CT molecular complexity index is 3860. The van der Waals surface area contributed by atoms with Crippen molar-refractivity contribution in [3.8, 4) is 22.6 Å². The molecule has 5 aromatic rings. The molecule has 0 saturated carbocycles. The number of hydrogen-bond acceptors (Lipinski definition) is 17. The van der Waals surface area contributed by atoms with Gasteiger partial charge in [-0.1, -0.05) is 223 Å². The van der Waals surface area contributed by atoms with E-state index >= 15 is 0 Å². The molecule has 1 unspecified atom stereocenters. The van der Waals surface area contributed by atoms with Gasteiger partial charge in [0.25, 0.3) is 0 Å². The summed E-state index contributed by atoms with van der Waals surface area (Å²) in [4.78, 5) is 158. The summed E-state index contributed by atoms with van der Waals surface area (Å²) in [5.41, 5.74) is 5.12. The first kappa shape index (κ1) is 93.5. The Morgan fingerprint density at radius 2 is 0.939 bits per heavy atom. The lowest BCUT2D eigenvalue weighted by molar-refractivity contribution is -0.160. The number of nitrogens with one attached hydrogen (secondary N) is 8. The van der Waals surface area contributed by atoms with Crippen LogP contribution in [0.5, 0.6) is 11.5 Å². The van der Waals surface area contributed by atoms with E-state index in [9.17, 15) is 52.7 Å². The van der Waals surface area contributed by atoms with Gasteiger partial charge in [-0.25, -0.2) is 9.59 Å². The van der Waals surface area contributed by atoms with E-state index in [0.717, 1.165) is 71.0 Å². The summed E-state index contributed by atoms with van der Waals surface area (Å²) in [7, 11) is 3.09. The normalized spacial score (nSPS) is 14.2. The van der Waals surface area contributed by atoms with Crippen LogP contribution in [0.3, 0.4) is 0 Å². The zero-order chi connectivity index (χ0) is 84.3. The number of amides is 8. The minimum Gasteiger partial charge on any atom is -0.497 e. The van der Waals surface area contributed by atoms with Gasteiger partial charge in [0.05, 0.1) is 33.1 Å². The Kier molecular flexibility index (Phi) is 38.6. The monoisotopic (exact) mass is 1590 g/mol. The number of fused-ring (bicyclic) bond motifs is 3. The van der Waals surface area contributed by atoms with Gasteiger partial charge in [-0.15, -0.1) is 0 Å². The van der Waals surface area contributed by atoms with Crippen molar-refractivity contribution in [2.24, 2.45) is 23.7 Å². The van der Waals surface area contributed by atoms with E-state index in [4.69, 9.17) is 28.4 Å². The van der Waals surface area contributed by atoms with Crippen molar-refractivity contribution in [1.82, 2.24) is 42.5 Å². The molecule has 25 heteroatoms. The second-order valence-corrected chi connectivity index (χ2v) is 32.2. The highest BCUT2D eigenvalue weighted by molar-refractivity contribution is 5.98. The standard InChI is InChI=1S/C90H126N8O17/c1-16-18-19-20-21-22-23-24-28-35-66(52-77(100)112-54-61-33-26-25-27-34-61)114-88(108)80(59(9)17-2)98-82(102)60(10)91-84(104)75(53-78(101)115-90(11,12)13)94-87(107)79(58(7)8)97-86(106)74(51-57(5)6)93-85(105)73(50-56(3)4)92-83(103)72(95-89(109)113-55-71-69-38-31-29-36-67(69)68-37-30-32-39-70(68)71)48-49-76(99)96-81(62-40-44-64(110-14)45-41-62)63-42-46-65(111-15)47-43-63/h25-27,29-34,36-47,56-60,66,71-75,79-81H,16-24,28,35,48-55H2,1-15H3,(H,91,104)(H,92,103)(H,93,105)(H,94,107)(H,95,109)(H,96,99)(H,97,106)(H,98,102)/t59-,60+,66?,72-,73-,74+,75-,79-,80-/m0/s1. The molecule has 0 aliphatic heterocycles. The van der Waals surface area contributed by atoms with Crippen LogP contribution in [-0.4, -0.2) is 140 Å². The predicted octanol–water partition coefficient (Wildman–Crippen LogP) is 13.0. The Morgan fingerprint density at radius 1 is 0.452 bits per heavy atom. The molecular weight excluding hydrogens is 1470 g/mol. The van der Waals surface area contributed by atoms with E-state index in [1.807, 2.05) is 138 Å². The molecule has 0 heterocycles. The Balaban J connectivity index is 1.18. The van der Waals surface area contributed by atoms with Crippen LogP contribution in [0, 0.1) is 23.7 Å². The molecule has 628 valence electrons. The maximum atomic E-state index is 14.9. The van der Waals surface area contributed by atoms with E-state index in [2.05, 4.69) is 49.5 Å². The number of esters is 3. The summed E-state index contributed by atoms with van der Waals surface area (Å²) in [6.07, 6.45) is 7.02. The zero-order valence-electron chi connectivity index (χ0n) is 70.1. The van der Waals surface area contributed by atoms with Gasteiger partial charge in [-0.05, 0) is 147 Å².